The van der Waals surface area contributed by atoms with Crippen molar-refractivity contribution in [2.75, 3.05) is 13.7 Å². The molecular weight excluding hydrogens is 206 g/mol. The third-order valence-corrected chi connectivity index (χ3v) is 1.46. The highest BCUT2D eigenvalue weighted by atomic mass is 35.5. The third-order valence-electron chi connectivity index (χ3n) is 1.46. The number of hydrogen-bond donors (Lipinski definition) is 1. The Morgan fingerprint density at radius 3 is 2.21 bits per heavy atom. The monoisotopic (exact) mass is 217 g/mol. The van der Waals surface area contributed by atoms with Crippen molar-refractivity contribution in [1.29, 1.82) is 0 Å². The molecule has 0 amide bonds. The molecule has 0 atom stereocenters. The van der Waals surface area contributed by atoms with Gasteiger partial charge in [0.05, 0.1) is 13.7 Å². The first kappa shape index (κ1) is 12.7. The number of benzene rings is 1. The molecule has 1 rings (SSSR count). The molecule has 2 N–H and O–H groups in total. The predicted molar refractivity (Wildman–Crippen MR) is 54.9 cm³/mol. The summed E-state index contributed by atoms with van der Waals surface area (Å²) in [7, 11) is 1.57. The summed E-state index contributed by atoms with van der Waals surface area (Å²) < 4.78 is 9.78. The van der Waals surface area contributed by atoms with Gasteiger partial charge in [-0.15, -0.1) is 12.4 Å². The molecule has 0 bridgehead atoms. The zero-order valence-electron chi connectivity index (χ0n) is 7.73. The Balaban J connectivity index is 0.00000169. The van der Waals surface area contributed by atoms with E-state index in [1.165, 1.54) is 0 Å². The topological polar surface area (TPSA) is 61.5 Å². The average molecular weight is 218 g/mol. The minimum atomic E-state index is -0.454. The third kappa shape index (κ3) is 3.64. The Morgan fingerprint density at radius 1 is 1.29 bits per heavy atom. The maximum absolute atomic E-state index is 10.8. The second-order valence-corrected chi connectivity index (χ2v) is 2.35. The molecule has 4 nitrogen and oxygen atoms in total. The normalized spacial score (nSPS) is 8.71. The molecule has 0 radical (unpaired) electrons. The van der Waals surface area contributed by atoms with Crippen LogP contribution < -0.4 is 15.2 Å². The van der Waals surface area contributed by atoms with Crippen LogP contribution >= 0.6 is 12.4 Å². The number of carbonyl (C=O) groups excluding carboxylic acids is 1. The highest BCUT2D eigenvalue weighted by molar-refractivity contribution is 5.85. The van der Waals surface area contributed by atoms with Crippen molar-refractivity contribution in [1.82, 2.24) is 0 Å². The van der Waals surface area contributed by atoms with Crippen LogP contribution in [0.3, 0.4) is 0 Å². The molecule has 0 saturated heterocycles. The lowest BCUT2D eigenvalue weighted by Crippen LogP contribution is -2.19. The van der Waals surface area contributed by atoms with Gasteiger partial charge in [0.1, 0.15) is 11.5 Å². The molecule has 0 saturated carbocycles. The highest BCUT2D eigenvalue weighted by Crippen LogP contribution is 2.16. The molecule has 0 spiro atoms. The van der Waals surface area contributed by atoms with E-state index in [9.17, 15) is 4.79 Å². The van der Waals surface area contributed by atoms with Crippen LogP contribution in [0, 0.1) is 0 Å². The van der Waals surface area contributed by atoms with Gasteiger partial charge in [0.15, 0.2) is 0 Å². The van der Waals surface area contributed by atoms with Crippen molar-refractivity contribution < 1.29 is 14.3 Å². The second kappa shape index (κ2) is 6.23. The minimum Gasteiger partial charge on any atom is -0.497 e. The van der Waals surface area contributed by atoms with Gasteiger partial charge < -0.3 is 15.2 Å². The van der Waals surface area contributed by atoms with E-state index in [1.807, 2.05) is 0 Å². The molecule has 1 aromatic rings. The molecule has 0 aliphatic rings. The maximum Gasteiger partial charge on any atom is 0.325 e. The van der Waals surface area contributed by atoms with Gasteiger partial charge in [0, 0.05) is 0 Å². The van der Waals surface area contributed by atoms with E-state index in [0.29, 0.717) is 11.5 Å². The number of rotatable bonds is 3. The Morgan fingerprint density at radius 2 is 1.79 bits per heavy atom. The molecular formula is C9H12ClNO3. The van der Waals surface area contributed by atoms with Crippen molar-refractivity contribution in [3.8, 4) is 11.5 Å². The van der Waals surface area contributed by atoms with Crippen LogP contribution in [0.2, 0.25) is 0 Å². The molecule has 5 heteroatoms. The predicted octanol–water partition coefficient (Wildman–Crippen LogP) is 0.981. The fourth-order valence-electron chi connectivity index (χ4n) is 0.817. The molecule has 0 heterocycles. The number of carbonyl (C=O) groups is 1. The van der Waals surface area contributed by atoms with Crippen LogP contribution in [-0.4, -0.2) is 19.6 Å². The van der Waals surface area contributed by atoms with Crippen LogP contribution in [0.15, 0.2) is 24.3 Å². The summed E-state index contributed by atoms with van der Waals surface area (Å²) in [5.74, 6) is 0.731. The number of ether oxygens (including phenoxy) is 2. The van der Waals surface area contributed by atoms with Gasteiger partial charge in [-0.1, -0.05) is 0 Å². The average Bonchev–Trinajstić information content (AvgIpc) is 2.19. The van der Waals surface area contributed by atoms with Crippen molar-refractivity contribution in [3.63, 3.8) is 0 Å². The SMILES string of the molecule is COc1ccc(OC(=O)CN)cc1.Cl. The molecule has 0 fully saturated rings. The lowest BCUT2D eigenvalue weighted by molar-refractivity contribution is -0.132. The van der Waals surface area contributed by atoms with Gasteiger partial charge in [0.2, 0.25) is 0 Å². The molecule has 0 aromatic heterocycles. The van der Waals surface area contributed by atoms with Crippen molar-refractivity contribution in [2.45, 2.75) is 0 Å². The van der Waals surface area contributed by atoms with E-state index in [0.717, 1.165) is 0 Å². The molecule has 78 valence electrons. The summed E-state index contributed by atoms with van der Waals surface area (Å²) in [4.78, 5) is 10.8. The first-order valence-electron chi connectivity index (χ1n) is 3.81. The Hall–Kier alpha value is -1.26. The number of hydrogen-bond acceptors (Lipinski definition) is 4. The summed E-state index contributed by atoms with van der Waals surface area (Å²) >= 11 is 0. The summed E-state index contributed by atoms with van der Waals surface area (Å²) in [5, 5.41) is 0. The van der Waals surface area contributed by atoms with Gasteiger partial charge in [-0.2, -0.15) is 0 Å². The molecule has 0 unspecified atom stereocenters. The Labute approximate surface area is 88.4 Å². The maximum atomic E-state index is 10.8. The summed E-state index contributed by atoms with van der Waals surface area (Å²) in [5.41, 5.74) is 5.08. The Bertz CT molecular complexity index is 287. The van der Waals surface area contributed by atoms with E-state index >= 15 is 0 Å². The zero-order valence-corrected chi connectivity index (χ0v) is 8.54. The van der Waals surface area contributed by atoms with Crippen LogP contribution in [0.5, 0.6) is 11.5 Å². The van der Waals surface area contributed by atoms with Crippen molar-refractivity contribution >= 4 is 18.4 Å². The summed E-state index contributed by atoms with van der Waals surface area (Å²) in [6, 6.07) is 6.71. The number of nitrogens with two attached hydrogens (primary N) is 1. The van der Waals surface area contributed by atoms with Crippen LogP contribution in [0.4, 0.5) is 0 Å². The summed E-state index contributed by atoms with van der Waals surface area (Å²) in [6.45, 7) is -0.119. The van der Waals surface area contributed by atoms with E-state index in [-0.39, 0.29) is 19.0 Å². The first-order chi connectivity index (χ1) is 6.26. The number of methoxy groups -OCH3 is 1. The van der Waals surface area contributed by atoms with Gasteiger partial charge in [-0.3, -0.25) is 4.79 Å². The van der Waals surface area contributed by atoms with Gasteiger partial charge >= 0.3 is 5.97 Å². The summed E-state index contributed by atoms with van der Waals surface area (Å²) in [6.07, 6.45) is 0. The number of halogens is 1. The molecule has 0 aliphatic heterocycles. The second-order valence-electron chi connectivity index (χ2n) is 2.35. The van der Waals surface area contributed by atoms with E-state index < -0.39 is 5.97 Å². The quantitative estimate of drug-likeness (QED) is 0.606. The smallest absolute Gasteiger partial charge is 0.325 e. The van der Waals surface area contributed by atoms with E-state index in [4.69, 9.17) is 15.2 Å². The van der Waals surface area contributed by atoms with E-state index in [1.54, 1.807) is 31.4 Å². The lowest BCUT2D eigenvalue weighted by atomic mass is 10.3. The van der Waals surface area contributed by atoms with Gasteiger partial charge in [-0.05, 0) is 24.3 Å². The first-order valence-corrected chi connectivity index (χ1v) is 3.81. The number of esters is 1. The van der Waals surface area contributed by atoms with Crippen LogP contribution in [0.25, 0.3) is 0 Å². The van der Waals surface area contributed by atoms with Crippen LogP contribution in [0.1, 0.15) is 0 Å². The molecule has 1 aromatic carbocycles. The molecule has 0 aliphatic carbocycles. The van der Waals surface area contributed by atoms with E-state index in [2.05, 4.69) is 0 Å². The minimum absolute atomic E-state index is 0. The van der Waals surface area contributed by atoms with Crippen LogP contribution in [-0.2, 0) is 4.79 Å². The molecule has 14 heavy (non-hydrogen) atoms. The Kier molecular flexibility index (Phi) is 5.67. The lowest BCUT2D eigenvalue weighted by Gasteiger charge is -2.03. The van der Waals surface area contributed by atoms with Gasteiger partial charge in [0.25, 0.3) is 0 Å². The zero-order chi connectivity index (χ0) is 9.68. The fourth-order valence-corrected chi connectivity index (χ4v) is 0.817. The van der Waals surface area contributed by atoms with Crippen molar-refractivity contribution in [3.05, 3.63) is 24.3 Å². The fraction of sp³-hybridized carbons (Fsp3) is 0.222. The highest BCUT2D eigenvalue weighted by Gasteiger charge is 2.00. The largest absolute Gasteiger partial charge is 0.497 e. The standard InChI is InChI=1S/C9H11NO3.ClH/c1-12-7-2-4-8(5-3-7)13-9(11)6-10;/h2-5H,6,10H2,1H3;1H. The van der Waals surface area contributed by atoms with Crippen molar-refractivity contribution in [2.24, 2.45) is 5.73 Å². The van der Waals surface area contributed by atoms with Gasteiger partial charge in [-0.25, -0.2) is 0 Å².